The summed E-state index contributed by atoms with van der Waals surface area (Å²) in [6.45, 7) is 0. The van der Waals surface area contributed by atoms with Gasteiger partial charge in [-0.3, -0.25) is 4.57 Å². The average Bonchev–Trinajstić information content (AvgIpc) is 2.59. The summed E-state index contributed by atoms with van der Waals surface area (Å²) in [5.41, 5.74) is 0.920. The monoisotopic (exact) mass is 266 g/mol. The lowest BCUT2D eigenvalue weighted by atomic mass is 10.2. The number of amides is 1. The highest BCUT2D eigenvalue weighted by atomic mass is 79.9. The van der Waals surface area contributed by atoms with Gasteiger partial charge in [0.2, 0.25) is 0 Å². The Morgan fingerprint density at radius 3 is 2.73 bits per heavy atom. The van der Waals surface area contributed by atoms with Gasteiger partial charge in [-0.25, -0.2) is 4.79 Å². The molecule has 0 aliphatic heterocycles. The number of fused-ring (bicyclic) bond motifs is 1. The first kappa shape index (κ1) is 10.2. The highest BCUT2D eigenvalue weighted by Crippen LogP contribution is 2.21. The third kappa shape index (κ3) is 1.77. The summed E-state index contributed by atoms with van der Waals surface area (Å²) < 4.78 is 2.61. The topological polar surface area (TPSA) is 25.2 Å². The first-order valence-electron chi connectivity index (χ1n) is 4.58. The molecule has 0 N–H and O–H groups in total. The van der Waals surface area contributed by atoms with Crippen LogP contribution in [0.3, 0.4) is 0 Å². The Balaban J connectivity index is 2.62. The molecule has 2 rings (SSSR count). The molecule has 0 spiro atoms. The van der Waals surface area contributed by atoms with E-state index in [0.717, 1.165) is 15.4 Å². The summed E-state index contributed by atoms with van der Waals surface area (Å²) >= 11 is 3.40. The number of halogens is 1. The van der Waals surface area contributed by atoms with E-state index in [9.17, 15) is 4.79 Å². The second-order valence-corrected chi connectivity index (χ2v) is 4.48. The maximum atomic E-state index is 11.8. The van der Waals surface area contributed by atoms with Crippen molar-refractivity contribution >= 4 is 32.9 Å². The number of hydrogen-bond donors (Lipinski definition) is 0. The molecule has 0 bridgehead atoms. The van der Waals surface area contributed by atoms with Gasteiger partial charge in [-0.2, -0.15) is 0 Å². The van der Waals surface area contributed by atoms with Gasteiger partial charge in [0.15, 0.2) is 0 Å². The lowest BCUT2D eigenvalue weighted by Gasteiger charge is -2.11. The van der Waals surface area contributed by atoms with Crippen molar-refractivity contribution in [1.29, 1.82) is 0 Å². The molecule has 0 radical (unpaired) electrons. The molecule has 0 saturated carbocycles. The maximum absolute atomic E-state index is 11.8. The van der Waals surface area contributed by atoms with Gasteiger partial charge in [0.25, 0.3) is 0 Å². The second-order valence-electron chi connectivity index (χ2n) is 3.57. The van der Waals surface area contributed by atoms with Crippen molar-refractivity contribution in [3.05, 3.63) is 34.9 Å². The zero-order valence-corrected chi connectivity index (χ0v) is 10.2. The maximum Gasteiger partial charge on any atom is 0.328 e. The van der Waals surface area contributed by atoms with Crippen molar-refractivity contribution in [2.24, 2.45) is 0 Å². The van der Waals surface area contributed by atoms with Crippen LogP contribution in [0.2, 0.25) is 0 Å². The first-order chi connectivity index (χ1) is 7.09. The number of benzene rings is 1. The van der Waals surface area contributed by atoms with Crippen molar-refractivity contribution in [2.45, 2.75) is 0 Å². The van der Waals surface area contributed by atoms with E-state index < -0.39 is 0 Å². The predicted octanol–water partition coefficient (Wildman–Crippen LogP) is 2.93. The van der Waals surface area contributed by atoms with E-state index in [4.69, 9.17) is 0 Å². The van der Waals surface area contributed by atoms with Crippen LogP contribution in [-0.4, -0.2) is 29.6 Å². The highest BCUT2D eigenvalue weighted by Gasteiger charge is 2.10. The Morgan fingerprint density at radius 2 is 2.07 bits per heavy atom. The number of nitrogens with zero attached hydrogens (tertiary/aromatic N) is 2. The van der Waals surface area contributed by atoms with E-state index in [1.807, 2.05) is 24.3 Å². The molecule has 78 valence electrons. The van der Waals surface area contributed by atoms with Crippen LogP contribution < -0.4 is 0 Å². The van der Waals surface area contributed by atoms with E-state index in [0.29, 0.717) is 0 Å². The number of hydrogen-bond acceptors (Lipinski definition) is 1. The number of carbonyl (C=O) groups excluding carboxylic acids is 1. The molecule has 15 heavy (non-hydrogen) atoms. The fourth-order valence-corrected chi connectivity index (χ4v) is 1.83. The van der Waals surface area contributed by atoms with Crippen LogP contribution in [0.5, 0.6) is 0 Å². The number of rotatable bonds is 0. The predicted molar refractivity (Wildman–Crippen MR) is 64.1 cm³/mol. The molecule has 1 heterocycles. The van der Waals surface area contributed by atoms with Gasteiger partial charge in [0, 0.05) is 30.2 Å². The molecule has 0 aliphatic carbocycles. The van der Waals surface area contributed by atoms with Crippen LogP contribution in [-0.2, 0) is 0 Å². The van der Waals surface area contributed by atoms with E-state index >= 15 is 0 Å². The van der Waals surface area contributed by atoms with Crippen molar-refractivity contribution < 1.29 is 4.79 Å². The van der Waals surface area contributed by atoms with Gasteiger partial charge >= 0.3 is 6.03 Å². The number of carbonyl (C=O) groups is 1. The lowest BCUT2D eigenvalue weighted by molar-refractivity contribution is 0.220. The Bertz CT molecular complexity index is 516. The zero-order chi connectivity index (χ0) is 11.0. The molecule has 0 fully saturated rings. The fraction of sp³-hybridized carbons (Fsp3) is 0.182. The average molecular weight is 267 g/mol. The van der Waals surface area contributed by atoms with Gasteiger partial charge in [-0.05, 0) is 18.2 Å². The largest absolute Gasteiger partial charge is 0.330 e. The van der Waals surface area contributed by atoms with Crippen LogP contribution in [0.25, 0.3) is 10.9 Å². The minimum Gasteiger partial charge on any atom is -0.330 e. The molecule has 0 saturated heterocycles. The van der Waals surface area contributed by atoms with Gasteiger partial charge < -0.3 is 4.90 Å². The first-order valence-corrected chi connectivity index (χ1v) is 5.37. The summed E-state index contributed by atoms with van der Waals surface area (Å²) in [6.07, 6.45) is 1.79. The highest BCUT2D eigenvalue weighted by molar-refractivity contribution is 9.10. The molecule has 1 aromatic heterocycles. The third-order valence-corrected chi connectivity index (χ3v) is 2.74. The Morgan fingerprint density at radius 1 is 1.33 bits per heavy atom. The fourth-order valence-electron chi connectivity index (χ4n) is 1.48. The Kier molecular flexibility index (Phi) is 2.52. The quantitative estimate of drug-likeness (QED) is 0.720. The van der Waals surface area contributed by atoms with Crippen LogP contribution in [0.4, 0.5) is 4.79 Å². The molecule has 4 heteroatoms. The van der Waals surface area contributed by atoms with Crippen molar-refractivity contribution in [3.8, 4) is 0 Å². The van der Waals surface area contributed by atoms with E-state index in [1.165, 1.54) is 0 Å². The summed E-state index contributed by atoms with van der Waals surface area (Å²) in [5, 5.41) is 1.06. The van der Waals surface area contributed by atoms with Gasteiger partial charge in [0.1, 0.15) is 0 Å². The number of aromatic nitrogens is 1. The van der Waals surface area contributed by atoms with Crippen LogP contribution in [0.1, 0.15) is 0 Å². The third-order valence-electron chi connectivity index (χ3n) is 2.24. The van der Waals surface area contributed by atoms with E-state index in [-0.39, 0.29) is 6.03 Å². The van der Waals surface area contributed by atoms with Gasteiger partial charge in [-0.1, -0.05) is 22.0 Å². The summed E-state index contributed by atoms with van der Waals surface area (Å²) in [7, 11) is 3.48. The van der Waals surface area contributed by atoms with Crippen LogP contribution >= 0.6 is 15.9 Å². The van der Waals surface area contributed by atoms with Crippen molar-refractivity contribution in [1.82, 2.24) is 9.47 Å². The minimum atomic E-state index is -0.0388. The van der Waals surface area contributed by atoms with Crippen molar-refractivity contribution in [3.63, 3.8) is 0 Å². The minimum absolute atomic E-state index is 0.0388. The summed E-state index contributed by atoms with van der Waals surface area (Å²) in [4.78, 5) is 13.4. The van der Waals surface area contributed by atoms with Crippen LogP contribution in [0.15, 0.2) is 34.9 Å². The second kappa shape index (κ2) is 3.70. The molecule has 0 aliphatic rings. The van der Waals surface area contributed by atoms with Gasteiger partial charge in [0.05, 0.1) is 5.52 Å². The molecule has 0 atom stereocenters. The smallest absolute Gasteiger partial charge is 0.328 e. The molecular weight excluding hydrogens is 256 g/mol. The lowest BCUT2D eigenvalue weighted by Crippen LogP contribution is -2.26. The molecule has 0 unspecified atom stereocenters. The zero-order valence-electron chi connectivity index (χ0n) is 8.57. The van der Waals surface area contributed by atoms with E-state index in [1.54, 1.807) is 29.8 Å². The molecule has 1 amide bonds. The normalized spacial score (nSPS) is 10.6. The summed E-state index contributed by atoms with van der Waals surface area (Å²) in [5.74, 6) is 0. The Hall–Kier alpha value is -1.29. The molecular formula is C11H11BrN2O. The molecule has 2 aromatic rings. The molecule has 3 nitrogen and oxygen atoms in total. The summed E-state index contributed by atoms with van der Waals surface area (Å²) in [6, 6.07) is 7.79. The van der Waals surface area contributed by atoms with E-state index in [2.05, 4.69) is 15.9 Å². The van der Waals surface area contributed by atoms with Gasteiger partial charge in [-0.15, -0.1) is 0 Å². The van der Waals surface area contributed by atoms with Crippen molar-refractivity contribution in [2.75, 3.05) is 14.1 Å². The standard InChI is InChI=1S/C11H11BrN2O/c1-13(2)11(15)14-6-5-8-3-4-9(12)7-10(8)14/h3-7H,1-2H3. The van der Waals surface area contributed by atoms with Crippen LogP contribution in [0, 0.1) is 0 Å². The molecule has 1 aromatic carbocycles. The Labute approximate surface area is 96.4 Å². The SMILES string of the molecule is CN(C)C(=O)n1ccc2ccc(Br)cc21.